The van der Waals surface area contributed by atoms with Gasteiger partial charge >= 0.3 is 5.76 Å². The third-order valence-corrected chi connectivity index (χ3v) is 5.01. The van der Waals surface area contributed by atoms with Crippen molar-refractivity contribution in [3.8, 4) is 0 Å². The van der Waals surface area contributed by atoms with Crippen LogP contribution in [0.3, 0.4) is 0 Å². The molecule has 2 aromatic carbocycles. The molecule has 1 fully saturated rings. The maximum atomic E-state index is 12.9. The maximum Gasteiger partial charge on any atom is 0.417 e. The van der Waals surface area contributed by atoms with Crippen LogP contribution in [-0.2, 0) is 6.54 Å². The van der Waals surface area contributed by atoms with Crippen LogP contribution < -0.4 is 5.76 Å². The van der Waals surface area contributed by atoms with Crippen molar-refractivity contribution < 1.29 is 9.21 Å². The third kappa shape index (κ3) is 2.01. The van der Waals surface area contributed by atoms with Gasteiger partial charge in [-0.05, 0) is 48.1 Å². The summed E-state index contributed by atoms with van der Waals surface area (Å²) in [5, 5.41) is 0. The number of H-pyrrole nitrogens is 1. The van der Waals surface area contributed by atoms with Gasteiger partial charge in [-0.25, -0.2) is 4.79 Å². The number of carbonyl (C=O) groups excluding carboxylic acids is 1. The second kappa shape index (κ2) is 4.84. The fourth-order valence-electron chi connectivity index (χ4n) is 3.77. The zero-order valence-corrected chi connectivity index (χ0v) is 13.0. The van der Waals surface area contributed by atoms with Gasteiger partial charge in [0.2, 0.25) is 0 Å². The molecule has 120 valence electrons. The van der Waals surface area contributed by atoms with Crippen LogP contribution >= 0.6 is 0 Å². The predicted molar refractivity (Wildman–Crippen MR) is 88.6 cm³/mol. The highest BCUT2D eigenvalue weighted by atomic mass is 16.4. The molecule has 24 heavy (non-hydrogen) atoms. The Kier molecular flexibility index (Phi) is 2.74. The highest BCUT2D eigenvalue weighted by Crippen LogP contribution is 2.49. The number of nitrogens with one attached hydrogen (secondary N) is 1. The van der Waals surface area contributed by atoms with Crippen LogP contribution in [0.4, 0.5) is 0 Å². The van der Waals surface area contributed by atoms with Crippen molar-refractivity contribution in [1.29, 1.82) is 0 Å². The van der Waals surface area contributed by atoms with Crippen molar-refractivity contribution in [2.75, 3.05) is 0 Å². The van der Waals surface area contributed by atoms with Gasteiger partial charge in [-0.3, -0.25) is 9.78 Å². The van der Waals surface area contributed by atoms with Crippen LogP contribution in [0.2, 0.25) is 0 Å². The summed E-state index contributed by atoms with van der Waals surface area (Å²) in [6, 6.07) is 13.7. The first-order valence-electron chi connectivity index (χ1n) is 8.22. The second-order valence-corrected chi connectivity index (χ2v) is 6.65. The molecule has 1 aliphatic heterocycles. The van der Waals surface area contributed by atoms with Crippen LogP contribution in [0.15, 0.2) is 51.7 Å². The quantitative estimate of drug-likeness (QED) is 0.805. The molecule has 1 N–H and O–H groups in total. The van der Waals surface area contributed by atoms with Gasteiger partial charge in [-0.2, -0.15) is 0 Å². The molecule has 5 nitrogen and oxygen atoms in total. The monoisotopic (exact) mass is 320 g/mol. The molecule has 3 aromatic rings. The third-order valence-electron chi connectivity index (χ3n) is 5.01. The molecule has 2 heterocycles. The minimum absolute atomic E-state index is 0.0955. The fourth-order valence-corrected chi connectivity index (χ4v) is 3.77. The Labute approximate surface area is 137 Å². The minimum Gasteiger partial charge on any atom is -0.408 e. The lowest BCUT2D eigenvalue weighted by Crippen LogP contribution is -2.28. The molecule has 1 aromatic heterocycles. The molecular formula is C19H16N2O3. The number of fused-ring (bicyclic) bond motifs is 2. The molecule has 5 rings (SSSR count). The smallest absolute Gasteiger partial charge is 0.408 e. The Morgan fingerprint density at radius 2 is 1.96 bits per heavy atom. The van der Waals surface area contributed by atoms with Crippen molar-refractivity contribution in [3.05, 3.63) is 69.7 Å². The van der Waals surface area contributed by atoms with E-state index in [1.165, 1.54) is 12.8 Å². The average Bonchev–Trinajstić information content (AvgIpc) is 3.29. The van der Waals surface area contributed by atoms with E-state index in [0.717, 1.165) is 16.7 Å². The summed E-state index contributed by atoms with van der Waals surface area (Å²) in [5.41, 5.74) is 4.16. The summed E-state index contributed by atoms with van der Waals surface area (Å²) in [7, 11) is 0. The van der Waals surface area contributed by atoms with Crippen LogP contribution in [0.1, 0.15) is 40.4 Å². The highest BCUT2D eigenvalue weighted by molar-refractivity contribution is 5.99. The van der Waals surface area contributed by atoms with Gasteiger partial charge in [0.15, 0.2) is 5.58 Å². The van der Waals surface area contributed by atoms with Crippen LogP contribution in [-0.4, -0.2) is 15.8 Å². The molecule has 1 amide bonds. The zero-order chi connectivity index (χ0) is 16.3. The second-order valence-electron chi connectivity index (χ2n) is 6.65. The molecule has 0 bridgehead atoms. The molecule has 2 aliphatic rings. The van der Waals surface area contributed by atoms with E-state index >= 15 is 0 Å². The van der Waals surface area contributed by atoms with Crippen molar-refractivity contribution in [2.24, 2.45) is 5.92 Å². The number of oxazole rings is 1. The van der Waals surface area contributed by atoms with Gasteiger partial charge < -0.3 is 9.32 Å². The zero-order valence-electron chi connectivity index (χ0n) is 13.0. The van der Waals surface area contributed by atoms with E-state index in [2.05, 4.69) is 11.1 Å². The molecule has 0 spiro atoms. The van der Waals surface area contributed by atoms with E-state index in [4.69, 9.17) is 4.42 Å². The first-order chi connectivity index (χ1) is 11.7. The summed E-state index contributed by atoms with van der Waals surface area (Å²) in [6.45, 7) is 0.527. The number of hydrogen-bond donors (Lipinski definition) is 1. The van der Waals surface area contributed by atoms with E-state index < -0.39 is 5.76 Å². The first-order valence-corrected chi connectivity index (χ1v) is 8.22. The lowest BCUT2D eigenvalue weighted by Gasteiger charge is -2.25. The average molecular weight is 320 g/mol. The van der Waals surface area contributed by atoms with Crippen LogP contribution in [0.5, 0.6) is 0 Å². The minimum atomic E-state index is -0.456. The lowest BCUT2D eigenvalue weighted by molar-refractivity contribution is 0.0690. The molecule has 5 heteroatoms. The molecule has 1 atom stereocenters. The van der Waals surface area contributed by atoms with E-state index in [1.54, 1.807) is 0 Å². The number of rotatable bonds is 3. The molecule has 0 radical (unpaired) electrons. The fraction of sp³-hybridized carbons (Fsp3) is 0.263. The molecule has 0 unspecified atom stereocenters. The molecule has 0 saturated heterocycles. The van der Waals surface area contributed by atoms with E-state index in [-0.39, 0.29) is 11.9 Å². The Morgan fingerprint density at radius 3 is 2.79 bits per heavy atom. The molecule has 1 saturated carbocycles. The van der Waals surface area contributed by atoms with Crippen molar-refractivity contribution >= 4 is 17.0 Å². The number of aromatic amines is 1. The number of hydrogen-bond acceptors (Lipinski definition) is 3. The topological polar surface area (TPSA) is 66.3 Å². The number of nitrogens with zero attached hydrogens (tertiary/aromatic N) is 1. The SMILES string of the molecule is O=C1c2ccccc2[C@H](C2CC2)N1Cc1ccc2[nH]c(=O)oc2c1. The number of benzene rings is 2. The van der Waals surface area contributed by atoms with Gasteiger partial charge in [-0.1, -0.05) is 24.3 Å². The van der Waals surface area contributed by atoms with Crippen LogP contribution in [0.25, 0.3) is 11.1 Å². The Bertz CT molecular complexity index is 1010. The highest BCUT2D eigenvalue weighted by Gasteiger charge is 2.44. The first kappa shape index (κ1) is 13.6. The summed E-state index contributed by atoms with van der Waals surface area (Å²) < 4.78 is 5.13. The molecular weight excluding hydrogens is 304 g/mol. The van der Waals surface area contributed by atoms with Crippen molar-refractivity contribution in [1.82, 2.24) is 9.88 Å². The summed E-state index contributed by atoms with van der Waals surface area (Å²) in [6.07, 6.45) is 2.35. The van der Waals surface area contributed by atoms with E-state index in [1.807, 2.05) is 41.3 Å². The summed E-state index contributed by atoms with van der Waals surface area (Å²) in [4.78, 5) is 28.8. The number of amides is 1. The van der Waals surface area contributed by atoms with Gasteiger partial charge in [-0.15, -0.1) is 0 Å². The summed E-state index contributed by atoms with van der Waals surface area (Å²) >= 11 is 0. The Hall–Kier alpha value is -2.82. The van der Waals surface area contributed by atoms with Gasteiger partial charge in [0.1, 0.15) is 0 Å². The lowest BCUT2D eigenvalue weighted by atomic mass is 10.0. The van der Waals surface area contributed by atoms with E-state index in [0.29, 0.717) is 23.6 Å². The normalized spacial score (nSPS) is 19.9. The van der Waals surface area contributed by atoms with Gasteiger partial charge in [0.25, 0.3) is 5.91 Å². The number of carbonyl (C=O) groups is 1. The largest absolute Gasteiger partial charge is 0.417 e. The van der Waals surface area contributed by atoms with Crippen molar-refractivity contribution in [3.63, 3.8) is 0 Å². The Morgan fingerprint density at radius 1 is 1.12 bits per heavy atom. The van der Waals surface area contributed by atoms with Gasteiger partial charge in [0.05, 0.1) is 11.6 Å². The molecule has 1 aliphatic carbocycles. The maximum absolute atomic E-state index is 12.9. The standard InChI is InChI=1S/C19H16N2O3/c22-18-14-4-2-1-3-13(14)17(12-6-7-12)21(18)10-11-5-8-15-16(9-11)24-19(23)20-15/h1-5,8-9,12,17H,6-7,10H2,(H,20,23)/t17-/m0/s1. The predicted octanol–water partition coefficient (Wildman–Crippen LogP) is 3.23. The number of aromatic nitrogens is 1. The van der Waals surface area contributed by atoms with E-state index in [9.17, 15) is 9.59 Å². The van der Waals surface area contributed by atoms with Crippen molar-refractivity contribution in [2.45, 2.75) is 25.4 Å². The van der Waals surface area contributed by atoms with Crippen LogP contribution in [0, 0.1) is 5.92 Å². The van der Waals surface area contributed by atoms with Gasteiger partial charge in [0, 0.05) is 12.1 Å². The summed E-state index contributed by atoms with van der Waals surface area (Å²) in [5.74, 6) is 0.201. The Balaban J connectivity index is 1.53.